The third kappa shape index (κ3) is 3.28. The minimum Gasteiger partial charge on any atom is -0.488 e. The van der Waals surface area contributed by atoms with Crippen LogP contribution >= 0.6 is 24.8 Å². The van der Waals surface area contributed by atoms with Gasteiger partial charge in [0, 0.05) is 48.7 Å². The number of ether oxygens (including phenoxy) is 1. The van der Waals surface area contributed by atoms with Crippen LogP contribution in [0.25, 0.3) is 22.2 Å². The molecule has 2 atom stereocenters. The number of pyridine rings is 1. The van der Waals surface area contributed by atoms with Crippen LogP contribution in [-0.4, -0.2) is 40.6 Å². The van der Waals surface area contributed by atoms with Crippen LogP contribution in [0.15, 0.2) is 48.8 Å². The number of nitrogens with one attached hydrogen (secondary N) is 1. The Balaban J connectivity index is 0.000000961. The molecule has 0 radical (unpaired) electrons. The Morgan fingerprint density at radius 3 is 2.50 bits per heavy atom. The van der Waals surface area contributed by atoms with E-state index in [0.717, 1.165) is 28.4 Å². The van der Waals surface area contributed by atoms with Crippen LogP contribution in [0.3, 0.4) is 0 Å². The fourth-order valence-corrected chi connectivity index (χ4v) is 5.54. The van der Waals surface area contributed by atoms with Gasteiger partial charge in [-0.15, -0.1) is 24.8 Å². The Hall–Kier alpha value is -1.75. The molecule has 5 heterocycles. The van der Waals surface area contributed by atoms with Gasteiger partial charge in [0.15, 0.2) is 0 Å². The fraction of sp³-hybridized carbons (Fsp3) is 0.409. The van der Waals surface area contributed by atoms with Crippen molar-refractivity contribution in [2.45, 2.75) is 18.9 Å². The third-order valence-electron chi connectivity index (χ3n) is 6.56. The maximum Gasteiger partial charge on any atom is 0.138 e. The Labute approximate surface area is 177 Å². The zero-order chi connectivity index (χ0) is 17.1. The van der Waals surface area contributed by atoms with E-state index in [1.165, 1.54) is 37.9 Å². The predicted octanol–water partition coefficient (Wildman–Crippen LogP) is 4.79. The molecule has 1 saturated carbocycles. The summed E-state index contributed by atoms with van der Waals surface area (Å²) in [5.41, 5.74) is 3.27. The molecular weight excluding hydrogens is 393 g/mol. The molecule has 2 aromatic heterocycles. The molecule has 0 spiro atoms. The maximum atomic E-state index is 6.44. The van der Waals surface area contributed by atoms with E-state index >= 15 is 0 Å². The van der Waals surface area contributed by atoms with E-state index in [1.807, 2.05) is 12.4 Å². The lowest BCUT2D eigenvalue weighted by molar-refractivity contribution is -0.0985. The molecule has 4 fully saturated rings. The summed E-state index contributed by atoms with van der Waals surface area (Å²) in [5.74, 6) is 3.24. The number of hydrogen-bond donors (Lipinski definition) is 1. The largest absolute Gasteiger partial charge is 0.488 e. The number of aromatic amines is 1. The highest BCUT2D eigenvalue weighted by Gasteiger charge is 2.48. The summed E-state index contributed by atoms with van der Waals surface area (Å²) in [4.78, 5) is 10.6. The quantitative estimate of drug-likeness (QED) is 0.665. The molecular formula is C22H25Cl2N3O. The molecule has 3 aromatic rings. The highest BCUT2D eigenvalue weighted by atomic mass is 35.5. The van der Waals surface area contributed by atoms with Crippen LogP contribution in [-0.2, 0) is 0 Å². The molecule has 28 heavy (non-hydrogen) atoms. The fourth-order valence-electron chi connectivity index (χ4n) is 5.54. The van der Waals surface area contributed by atoms with Crippen LogP contribution in [0.1, 0.15) is 12.8 Å². The van der Waals surface area contributed by atoms with Crippen LogP contribution in [0, 0.1) is 17.8 Å². The monoisotopic (exact) mass is 417 g/mol. The number of fused-ring (bicyclic) bond motifs is 1. The molecule has 1 aliphatic carbocycles. The Kier molecular flexibility index (Phi) is 5.30. The SMILES string of the molecule is Cl.Cl.c1cc2ccc(-c3ccc(OC4C5CC6CC4CN(C6)C5)cn3)cc2[nH]1. The summed E-state index contributed by atoms with van der Waals surface area (Å²) in [7, 11) is 0. The predicted molar refractivity (Wildman–Crippen MR) is 117 cm³/mol. The first-order valence-electron chi connectivity index (χ1n) is 9.74. The van der Waals surface area contributed by atoms with E-state index in [2.05, 4.69) is 51.3 Å². The lowest BCUT2D eigenvalue weighted by Crippen LogP contribution is -2.61. The number of H-pyrrole nitrogens is 1. The van der Waals surface area contributed by atoms with Gasteiger partial charge in [-0.05, 0) is 48.4 Å². The summed E-state index contributed by atoms with van der Waals surface area (Å²) in [6.07, 6.45) is 6.95. The molecule has 0 amide bonds. The van der Waals surface area contributed by atoms with E-state index in [1.54, 1.807) is 0 Å². The smallest absolute Gasteiger partial charge is 0.138 e. The average Bonchev–Trinajstić information content (AvgIpc) is 3.12. The Morgan fingerprint density at radius 1 is 0.964 bits per heavy atom. The molecule has 4 bridgehead atoms. The second-order valence-corrected chi connectivity index (χ2v) is 8.32. The average molecular weight is 418 g/mol. The zero-order valence-electron chi connectivity index (χ0n) is 15.6. The number of hydrogen-bond acceptors (Lipinski definition) is 3. The summed E-state index contributed by atoms with van der Waals surface area (Å²) in [6, 6.07) is 12.7. The standard InChI is InChI=1S/C22H23N3O.2ClH/c1-2-16(9-21-15(1)5-6-23-21)20-4-3-19(10-24-20)26-22-17-7-14-8-18(22)13-25(11-14)12-17;;/h1-6,9-10,14,17-18,22-23H,7-8,11-13H2;2*1H. The topological polar surface area (TPSA) is 41.1 Å². The minimum atomic E-state index is 0. The normalized spacial score (nSPS) is 29.9. The van der Waals surface area contributed by atoms with Crippen molar-refractivity contribution >= 4 is 35.7 Å². The minimum absolute atomic E-state index is 0. The zero-order valence-corrected chi connectivity index (χ0v) is 17.2. The highest BCUT2D eigenvalue weighted by Crippen LogP contribution is 2.44. The number of aromatic nitrogens is 2. The molecule has 148 valence electrons. The van der Waals surface area contributed by atoms with E-state index < -0.39 is 0 Å². The summed E-state index contributed by atoms with van der Waals surface area (Å²) >= 11 is 0. The van der Waals surface area contributed by atoms with Gasteiger partial charge in [-0.2, -0.15) is 0 Å². The van der Waals surface area contributed by atoms with E-state index in [-0.39, 0.29) is 24.8 Å². The van der Waals surface area contributed by atoms with Crippen molar-refractivity contribution in [1.29, 1.82) is 0 Å². The Bertz CT molecular complexity index is 928. The molecule has 7 rings (SSSR count). The summed E-state index contributed by atoms with van der Waals surface area (Å²) in [5, 5.41) is 1.23. The highest BCUT2D eigenvalue weighted by molar-refractivity contribution is 5.86. The van der Waals surface area contributed by atoms with Crippen molar-refractivity contribution in [3.05, 3.63) is 48.8 Å². The van der Waals surface area contributed by atoms with Gasteiger partial charge in [0.05, 0.1) is 11.9 Å². The first-order valence-corrected chi connectivity index (χ1v) is 9.74. The van der Waals surface area contributed by atoms with E-state index in [0.29, 0.717) is 17.9 Å². The van der Waals surface area contributed by atoms with Crippen LogP contribution in [0.5, 0.6) is 5.75 Å². The summed E-state index contributed by atoms with van der Waals surface area (Å²) in [6.45, 7) is 3.76. The number of piperidine rings is 3. The van der Waals surface area contributed by atoms with E-state index in [9.17, 15) is 0 Å². The van der Waals surface area contributed by atoms with Gasteiger partial charge in [0.25, 0.3) is 0 Å². The van der Waals surface area contributed by atoms with Crippen molar-refractivity contribution in [2.75, 3.05) is 19.6 Å². The van der Waals surface area contributed by atoms with Crippen molar-refractivity contribution in [1.82, 2.24) is 14.9 Å². The van der Waals surface area contributed by atoms with Crippen molar-refractivity contribution in [2.24, 2.45) is 17.8 Å². The number of nitrogens with zero attached hydrogens (tertiary/aromatic N) is 2. The lowest BCUT2D eigenvalue weighted by atomic mass is 9.66. The molecule has 3 saturated heterocycles. The maximum absolute atomic E-state index is 6.44. The first kappa shape index (κ1) is 19.6. The van der Waals surface area contributed by atoms with Gasteiger partial charge >= 0.3 is 0 Å². The van der Waals surface area contributed by atoms with Crippen LogP contribution in [0.2, 0.25) is 0 Å². The molecule has 3 aliphatic heterocycles. The number of rotatable bonds is 3. The molecule has 4 aliphatic rings. The second-order valence-electron chi connectivity index (χ2n) is 8.32. The number of benzene rings is 1. The second kappa shape index (κ2) is 7.58. The van der Waals surface area contributed by atoms with Crippen LogP contribution < -0.4 is 4.74 Å². The van der Waals surface area contributed by atoms with Gasteiger partial charge in [0.1, 0.15) is 11.9 Å². The van der Waals surface area contributed by atoms with Gasteiger partial charge in [-0.3, -0.25) is 4.98 Å². The lowest BCUT2D eigenvalue weighted by Gasteiger charge is -2.55. The summed E-state index contributed by atoms with van der Waals surface area (Å²) < 4.78 is 6.44. The van der Waals surface area contributed by atoms with Gasteiger partial charge in [-0.1, -0.05) is 12.1 Å². The van der Waals surface area contributed by atoms with Gasteiger partial charge in [0.2, 0.25) is 0 Å². The number of halogens is 2. The molecule has 1 aromatic carbocycles. The van der Waals surface area contributed by atoms with Crippen molar-refractivity contribution in [3.63, 3.8) is 0 Å². The Morgan fingerprint density at radius 2 is 1.79 bits per heavy atom. The first-order chi connectivity index (χ1) is 12.8. The van der Waals surface area contributed by atoms with Crippen LogP contribution in [0.4, 0.5) is 0 Å². The molecule has 2 unspecified atom stereocenters. The van der Waals surface area contributed by atoms with Crippen molar-refractivity contribution < 1.29 is 4.74 Å². The van der Waals surface area contributed by atoms with E-state index in [4.69, 9.17) is 4.74 Å². The van der Waals surface area contributed by atoms with Gasteiger partial charge in [-0.25, -0.2) is 0 Å². The molecule has 4 nitrogen and oxygen atoms in total. The molecule has 6 heteroatoms. The molecule has 1 N–H and O–H groups in total. The van der Waals surface area contributed by atoms with Gasteiger partial charge < -0.3 is 14.6 Å². The third-order valence-corrected chi connectivity index (χ3v) is 6.56. The van der Waals surface area contributed by atoms with Crippen molar-refractivity contribution in [3.8, 4) is 17.0 Å².